The van der Waals surface area contributed by atoms with Gasteiger partial charge in [-0.1, -0.05) is 36.4 Å². The lowest BCUT2D eigenvalue weighted by Crippen LogP contribution is -2.03. The van der Waals surface area contributed by atoms with Crippen LogP contribution in [0.4, 0.5) is 0 Å². The molecule has 1 aromatic carbocycles. The van der Waals surface area contributed by atoms with Crippen LogP contribution in [0.2, 0.25) is 0 Å². The number of hydrogen-bond donors (Lipinski definition) is 0. The Morgan fingerprint density at radius 2 is 2.00 bits per heavy atom. The molecule has 2 aromatic rings. The highest BCUT2D eigenvalue weighted by Crippen LogP contribution is 2.14. The van der Waals surface area contributed by atoms with Crippen LogP contribution in [0.3, 0.4) is 0 Å². The number of thiophene rings is 1. The van der Waals surface area contributed by atoms with E-state index in [2.05, 4.69) is 28.3 Å². The Morgan fingerprint density at radius 1 is 1.22 bits per heavy atom. The number of methoxy groups -OCH3 is 1. The van der Waals surface area contributed by atoms with Crippen molar-refractivity contribution in [2.75, 3.05) is 7.11 Å². The second kappa shape index (κ2) is 6.17. The Hall–Kier alpha value is -1.87. The van der Waals surface area contributed by atoms with Gasteiger partial charge in [0.2, 0.25) is 0 Å². The number of benzene rings is 1. The second-order valence-corrected chi connectivity index (χ2v) is 4.82. The standard InChI is InChI=1S/C15H14O2S/c1-17-15(16)11-13-6-4-12(5-7-13)8-9-14-3-2-10-18-14/h2-10H,11H2,1H3. The van der Waals surface area contributed by atoms with Gasteiger partial charge in [-0.3, -0.25) is 4.79 Å². The van der Waals surface area contributed by atoms with E-state index in [9.17, 15) is 4.79 Å². The van der Waals surface area contributed by atoms with Crippen LogP contribution in [0.1, 0.15) is 16.0 Å². The lowest BCUT2D eigenvalue weighted by atomic mass is 10.1. The van der Waals surface area contributed by atoms with Crippen LogP contribution in [0.25, 0.3) is 12.2 Å². The van der Waals surface area contributed by atoms with E-state index in [1.54, 1.807) is 11.3 Å². The Bertz CT molecular complexity index is 524. The molecule has 18 heavy (non-hydrogen) atoms. The fraction of sp³-hybridized carbons (Fsp3) is 0.133. The van der Waals surface area contributed by atoms with E-state index in [4.69, 9.17) is 0 Å². The third-order valence-corrected chi connectivity index (χ3v) is 3.38. The molecule has 0 spiro atoms. The Labute approximate surface area is 111 Å². The van der Waals surface area contributed by atoms with E-state index < -0.39 is 0 Å². The van der Waals surface area contributed by atoms with Gasteiger partial charge in [-0.25, -0.2) is 0 Å². The molecule has 0 fully saturated rings. The number of carbonyl (C=O) groups is 1. The maximum absolute atomic E-state index is 11.1. The summed E-state index contributed by atoms with van der Waals surface area (Å²) in [5.41, 5.74) is 2.09. The highest BCUT2D eigenvalue weighted by molar-refractivity contribution is 7.10. The van der Waals surface area contributed by atoms with Crippen molar-refractivity contribution < 1.29 is 9.53 Å². The molecule has 0 radical (unpaired) electrons. The summed E-state index contributed by atoms with van der Waals surface area (Å²) in [6.07, 6.45) is 4.47. The smallest absolute Gasteiger partial charge is 0.309 e. The van der Waals surface area contributed by atoms with E-state index in [0.717, 1.165) is 11.1 Å². The topological polar surface area (TPSA) is 26.3 Å². The van der Waals surface area contributed by atoms with Crippen molar-refractivity contribution in [2.45, 2.75) is 6.42 Å². The van der Waals surface area contributed by atoms with Crippen LogP contribution in [-0.2, 0) is 16.0 Å². The Kier molecular flexibility index (Phi) is 4.31. The van der Waals surface area contributed by atoms with Crippen LogP contribution < -0.4 is 0 Å². The minimum atomic E-state index is -0.211. The van der Waals surface area contributed by atoms with Gasteiger partial charge in [0.25, 0.3) is 0 Å². The Balaban J connectivity index is 2.01. The van der Waals surface area contributed by atoms with E-state index >= 15 is 0 Å². The van der Waals surface area contributed by atoms with Crippen molar-refractivity contribution in [2.24, 2.45) is 0 Å². The van der Waals surface area contributed by atoms with Crippen LogP contribution in [0, 0.1) is 0 Å². The van der Waals surface area contributed by atoms with Gasteiger partial charge in [0.05, 0.1) is 13.5 Å². The van der Waals surface area contributed by atoms with Gasteiger partial charge in [-0.2, -0.15) is 0 Å². The molecular formula is C15H14O2S. The molecule has 0 amide bonds. The van der Waals surface area contributed by atoms with E-state index in [1.807, 2.05) is 30.3 Å². The average molecular weight is 258 g/mol. The van der Waals surface area contributed by atoms with Crippen molar-refractivity contribution in [3.8, 4) is 0 Å². The van der Waals surface area contributed by atoms with Gasteiger partial charge in [-0.05, 0) is 28.6 Å². The highest BCUT2D eigenvalue weighted by atomic mass is 32.1. The zero-order chi connectivity index (χ0) is 12.8. The van der Waals surface area contributed by atoms with Crippen molar-refractivity contribution in [1.29, 1.82) is 0 Å². The molecule has 0 bridgehead atoms. The van der Waals surface area contributed by atoms with Crippen LogP contribution in [0.15, 0.2) is 41.8 Å². The summed E-state index contributed by atoms with van der Waals surface area (Å²) < 4.78 is 4.63. The first-order valence-electron chi connectivity index (χ1n) is 5.65. The minimum Gasteiger partial charge on any atom is -0.469 e. The molecule has 0 saturated heterocycles. The second-order valence-electron chi connectivity index (χ2n) is 3.84. The van der Waals surface area contributed by atoms with Crippen LogP contribution in [-0.4, -0.2) is 13.1 Å². The van der Waals surface area contributed by atoms with Crippen molar-refractivity contribution in [3.05, 3.63) is 57.8 Å². The molecule has 1 heterocycles. The summed E-state index contributed by atoms with van der Waals surface area (Å²) in [6, 6.07) is 12.0. The van der Waals surface area contributed by atoms with Crippen molar-refractivity contribution in [3.63, 3.8) is 0 Å². The average Bonchev–Trinajstić information content (AvgIpc) is 2.91. The number of carbonyl (C=O) groups excluding carboxylic acids is 1. The molecule has 0 aliphatic rings. The lowest BCUT2D eigenvalue weighted by Gasteiger charge is -2.00. The molecule has 0 unspecified atom stereocenters. The summed E-state index contributed by atoms with van der Waals surface area (Å²) in [4.78, 5) is 12.3. The summed E-state index contributed by atoms with van der Waals surface area (Å²) in [5.74, 6) is -0.211. The number of ether oxygens (including phenoxy) is 1. The molecule has 3 heteroatoms. The summed E-state index contributed by atoms with van der Waals surface area (Å²) in [6.45, 7) is 0. The van der Waals surface area contributed by atoms with E-state index in [-0.39, 0.29) is 5.97 Å². The number of hydrogen-bond acceptors (Lipinski definition) is 3. The third kappa shape index (κ3) is 3.57. The predicted octanol–water partition coefficient (Wildman–Crippen LogP) is 3.63. The van der Waals surface area contributed by atoms with Gasteiger partial charge in [0.1, 0.15) is 0 Å². The Morgan fingerprint density at radius 3 is 2.61 bits per heavy atom. The highest BCUT2D eigenvalue weighted by Gasteiger charge is 2.01. The van der Waals surface area contributed by atoms with E-state index in [1.165, 1.54) is 12.0 Å². The third-order valence-electron chi connectivity index (χ3n) is 2.54. The molecule has 0 aliphatic heterocycles. The van der Waals surface area contributed by atoms with Crippen LogP contribution in [0.5, 0.6) is 0 Å². The molecule has 0 N–H and O–H groups in total. The molecule has 2 rings (SSSR count). The summed E-state index contributed by atoms with van der Waals surface area (Å²) >= 11 is 1.71. The molecule has 2 nitrogen and oxygen atoms in total. The maximum atomic E-state index is 11.1. The summed E-state index contributed by atoms with van der Waals surface area (Å²) in [7, 11) is 1.40. The SMILES string of the molecule is COC(=O)Cc1ccc(C=Cc2cccs2)cc1. The first-order chi connectivity index (χ1) is 8.78. The van der Waals surface area contributed by atoms with Gasteiger partial charge >= 0.3 is 5.97 Å². The van der Waals surface area contributed by atoms with Crippen molar-refractivity contribution >= 4 is 29.5 Å². The van der Waals surface area contributed by atoms with Crippen LogP contribution >= 0.6 is 11.3 Å². The molecule has 1 aromatic heterocycles. The van der Waals surface area contributed by atoms with E-state index in [0.29, 0.717) is 6.42 Å². The zero-order valence-electron chi connectivity index (χ0n) is 10.1. The normalized spacial score (nSPS) is 10.7. The first-order valence-corrected chi connectivity index (χ1v) is 6.53. The lowest BCUT2D eigenvalue weighted by molar-refractivity contribution is -0.139. The van der Waals surface area contributed by atoms with Gasteiger partial charge in [0, 0.05) is 4.88 Å². The predicted molar refractivity (Wildman–Crippen MR) is 75.4 cm³/mol. The summed E-state index contributed by atoms with van der Waals surface area (Å²) in [5, 5.41) is 2.05. The molecule has 92 valence electrons. The monoisotopic (exact) mass is 258 g/mol. The molecular weight excluding hydrogens is 244 g/mol. The first kappa shape index (κ1) is 12.6. The van der Waals surface area contributed by atoms with Crippen molar-refractivity contribution in [1.82, 2.24) is 0 Å². The minimum absolute atomic E-state index is 0.211. The van der Waals surface area contributed by atoms with Gasteiger partial charge < -0.3 is 4.74 Å². The molecule has 0 aliphatic carbocycles. The molecule has 0 saturated carbocycles. The zero-order valence-corrected chi connectivity index (χ0v) is 10.9. The quantitative estimate of drug-likeness (QED) is 0.783. The maximum Gasteiger partial charge on any atom is 0.309 e. The van der Waals surface area contributed by atoms with Gasteiger partial charge in [-0.15, -0.1) is 11.3 Å². The fourth-order valence-corrected chi connectivity index (χ4v) is 2.17. The molecule has 0 atom stereocenters. The number of rotatable bonds is 4. The largest absolute Gasteiger partial charge is 0.469 e. The fourth-order valence-electron chi connectivity index (χ4n) is 1.55. The van der Waals surface area contributed by atoms with Gasteiger partial charge in [0.15, 0.2) is 0 Å². The number of esters is 1.